The minimum Gasteiger partial charge on any atom is -0.481 e. The van der Waals surface area contributed by atoms with Gasteiger partial charge in [0.25, 0.3) is 0 Å². The van der Waals surface area contributed by atoms with Crippen LogP contribution in [-0.2, 0) is 4.79 Å². The van der Waals surface area contributed by atoms with E-state index in [0.717, 1.165) is 30.6 Å². The summed E-state index contributed by atoms with van der Waals surface area (Å²) >= 11 is 1.87. The van der Waals surface area contributed by atoms with Crippen molar-refractivity contribution >= 4 is 29.5 Å². The number of nitrogens with one attached hydrogen (secondary N) is 2. The number of fused-ring (bicyclic) bond motifs is 1. The molecule has 0 spiro atoms. The normalized spacial score (nSPS) is 23.7. The molecule has 3 N–H and O–H groups in total. The van der Waals surface area contributed by atoms with Crippen LogP contribution in [-0.4, -0.2) is 46.0 Å². The van der Waals surface area contributed by atoms with E-state index in [2.05, 4.69) is 10.6 Å². The number of rotatable bonds is 6. The molecule has 7 heteroatoms. The molecule has 2 fully saturated rings. The molecular weight excluding hydrogens is 340 g/mol. The molecule has 25 heavy (non-hydrogen) atoms. The van der Waals surface area contributed by atoms with E-state index < -0.39 is 5.97 Å². The van der Waals surface area contributed by atoms with Gasteiger partial charge in [0, 0.05) is 23.0 Å². The van der Waals surface area contributed by atoms with Gasteiger partial charge in [-0.15, -0.1) is 0 Å². The van der Waals surface area contributed by atoms with Crippen molar-refractivity contribution in [3.05, 3.63) is 35.9 Å². The number of carbonyl (C=O) groups is 3. The number of amides is 2. The molecule has 136 valence electrons. The van der Waals surface area contributed by atoms with Crippen LogP contribution in [0.3, 0.4) is 0 Å². The molecule has 1 aromatic carbocycles. The summed E-state index contributed by atoms with van der Waals surface area (Å²) < 4.78 is 0. The molecule has 0 radical (unpaired) electrons. The van der Waals surface area contributed by atoms with Crippen LogP contribution in [0.25, 0.3) is 0 Å². The molecule has 0 bridgehead atoms. The summed E-state index contributed by atoms with van der Waals surface area (Å²) in [4.78, 5) is 32.1. The summed E-state index contributed by atoms with van der Waals surface area (Å²) in [6.45, 7) is 1.56. The highest BCUT2D eigenvalue weighted by Gasteiger charge is 2.42. The van der Waals surface area contributed by atoms with E-state index >= 15 is 0 Å². The number of aliphatic carboxylic acids is 1. The molecule has 1 aromatic rings. The third-order valence-corrected chi connectivity index (χ3v) is 5.76. The molecule has 2 amide bonds. The Balaban J connectivity index is 0.000000212. The zero-order valence-corrected chi connectivity index (χ0v) is 15.1. The van der Waals surface area contributed by atoms with Crippen molar-refractivity contribution < 1.29 is 19.5 Å². The number of carboxylic acids is 1. The van der Waals surface area contributed by atoms with Gasteiger partial charge < -0.3 is 15.7 Å². The summed E-state index contributed by atoms with van der Waals surface area (Å²) in [6, 6.07) is 9.67. The van der Waals surface area contributed by atoms with Crippen LogP contribution in [0.4, 0.5) is 4.79 Å². The molecule has 3 rings (SSSR count). The number of urea groups is 1. The molecule has 0 aliphatic carbocycles. The van der Waals surface area contributed by atoms with Gasteiger partial charge in [-0.05, 0) is 19.8 Å². The first-order valence-electron chi connectivity index (χ1n) is 8.44. The number of hydrogen-bond donors (Lipinski definition) is 3. The van der Waals surface area contributed by atoms with Crippen LogP contribution >= 0.6 is 11.8 Å². The number of benzene rings is 1. The van der Waals surface area contributed by atoms with E-state index in [9.17, 15) is 14.4 Å². The second-order valence-corrected chi connectivity index (χ2v) is 7.46. The van der Waals surface area contributed by atoms with Crippen LogP contribution in [0.15, 0.2) is 30.3 Å². The average molecular weight is 364 g/mol. The van der Waals surface area contributed by atoms with E-state index in [1.54, 1.807) is 6.92 Å². The Labute approximate surface area is 151 Å². The SMILES string of the molecule is CC(=O)c1ccccc1.O=C(O)CCCC[C@@H]1SC[C@@H]2NC(=O)N[C@@H]21. The summed E-state index contributed by atoms with van der Waals surface area (Å²) in [7, 11) is 0. The first-order chi connectivity index (χ1) is 12.0. The quantitative estimate of drug-likeness (QED) is 0.410. The topological polar surface area (TPSA) is 95.5 Å². The van der Waals surface area contributed by atoms with Gasteiger partial charge >= 0.3 is 12.0 Å². The lowest BCUT2D eigenvalue weighted by Crippen LogP contribution is -2.36. The van der Waals surface area contributed by atoms with Crippen LogP contribution in [0, 0.1) is 0 Å². The van der Waals surface area contributed by atoms with Crippen molar-refractivity contribution in [3.63, 3.8) is 0 Å². The summed E-state index contributed by atoms with van der Waals surface area (Å²) in [5.74, 6) is 0.357. The summed E-state index contributed by atoms with van der Waals surface area (Å²) in [6.07, 6.45) is 2.88. The largest absolute Gasteiger partial charge is 0.481 e. The highest BCUT2D eigenvalue weighted by Crippen LogP contribution is 2.33. The zero-order valence-electron chi connectivity index (χ0n) is 14.2. The van der Waals surface area contributed by atoms with Gasteiger partial charge in [-0.2, -0.15) is 11.8 Å². The van der Waals surface area contributed by atoms with Crippen molar-refractivity contribution in [2.24, 2.45) is 0 Å². The maximum absolute atomic E-state index is 11.1. The second-order valence-electron chi connectivity index (χ2n) is 6.18. The highest BCUT2D eigenvalue weighted by atomic mass is 32.2. The second kappa shape index (κ2) is 9.46. The number of thioether (sulfide) groups is 1. The van der Waals surface area contributed by atoms with Crippen molar-refractivity contribution in [3.8, 4) is 0 Å². The van der Waals surface area contributed by atoms with Crippen LogP contribution < -0.4 is 10.6 Å². The first-order valence-corrected chi connectivity index (χ1v) is 9.48. The lowest BCUT2D eigenvalue weighted by Gasteiger charge is -2.16. The molecule has 2 heterocycles. The summed E-state index contributed by atoms with van der Waals surface area (Å²) in [5.41, 5.74) is 0.775. The number of ketones is 1. The predicted molar refractivity (Wildman–Crippen MR) is 98.0 cm³/mol. The van der Waals surface area contributed by atoms with Gasteiger partial charge in [-0.25, -0.2) is 4.79 Å². The molecule has 0 aromatic heterocycles. The summed E-state index contributed by atoms with van der Waals surface area (Å²) in [5, 5.41) is 14.8. The molecule has 3 atom stereocenters. The van der Waals surface area contributed by atoms with Gasteiger partial charge in [0.05, 0.1) is 12.1 Å². The van der Waals surface area contributed by atoms with Crippen molar-refractivity contribution in [2.45, 2.75) is 49.9 Å². The van der Waals surface area contributed by atoms with Crippen LogP contribution in [0.1, 0.15) is 43.0 Å². The Bertz CT molecular complexity index is 608. The number of hydrogen-bond acceptors (Lipinski definition) is 4. The van der Waals surface area contributed by atoms with E-state index in [-0.39, 0.29) is 30.3 Å². The molecule has 0 unspecified atom stereocenters. The van der Waals surface area contributed by atoms with Gasteiger partial charge in [-0.3, -0.25) is 9.59 Å². The minimum absolute atomic E-state index is 0.0640. The standard InChI is InChI=1S/C10H16N2O3S.C8H8O/c13-8(14)4-2-1-3-7-9-6(5-16-7)11-10(15)12-9;1-7(9)8-5-3-2-4-6-8/h6-7,9H,1-5H2,(H,13,14)(H2,11,12,15);2-6H,1H3/t6-,7-,9-;/m0./s1. The molecule has 2 aliphatic heterocycles. The molecule has 0 saturated carbocycles. The lowest BCUT2D eigenvalue weighted by atomic mass is 10.0. The van der Waals surface area contributed by atoms with E-state index in [4.69, 9.17) is 5.11 Å². The fourth-order valence-corrected chi connectivity index (χ4v) is 4.48. The van der Waals surface area contributed by atoms with Crippen LogP contribution in [0.2, 0.25) is 0 Å². The lowest BCUT2D eigenvalue weighted by molar-refractivity contribution is -0.137. The highest BCUT2D eigenvalue weighted by molar-refractivity contribution is 8.00. The molecular formula is C18H24N2O4S. The number of carboxylic acid groups (broad SMARTS) is 1. The number of carbonyl (C=O) groups excluding carboxylic acids is 2. The van der Waals surface area contributed by atoms with Gasteiger partial charge in [0.1, 0.15) is 0 Å². The van der Waals surface area contributed by atoms with E-state index in [1.165, 1.54) is 0 Å². The number of Topliss-reactive ketones (excluding diaryl/α,β-unsaturated/α-hetero) is 1. The Kier molecular flexibility index (Phi) is 7.31. The van der Waals surface area contributed by atoms with Gasteiger partial charge in [0.2, 0.25) is 0 Å². The Morgan fingerprint density at radius 1 is 1.20 bits per heavy atom. The average Bonchev–Trinajstić information content (AvgIpc) is 3.12. The number of unbranched alkanes of at least 4 members (excludes halogenated alkanes) is 1. The fourth-order valence-electron chi connectivity index (χ4n) is 2.94. The third-order valence-electron chi connectivity index (χ3n) is 4.25. The molecule has 2 saturated heterocycles. The van der Waals surface area contributed by atoms with Crippen LogP contribution in [0.5, 0.6) is 0 Å². The third kappa shape index (κ3) is 6.08. The zero-order chi connectivity index (χ0) is 18.2. The predicted octanol–water partition coefficient (Wildman–Crippen LogP) is 2.69. The van der Waals surface area contributed by atoms with Gasteiger partial charge in [-0.1, -0.05) is 36.8 Å². The monoisotopic (exact) mass is 364 g/mol. The molecule has 6 nitrogen and oxygen atoms in total. The Morgan fingerprint density at radius 2 is 1.92 bits per heavy atom. The first kappa shape index (κ1) is 19.3. The Morgan fingerprint density at radius 3 is 2.52 bits per heavy atom. The smallest absolute Gasteiger partial charge is 0.315 e. The molecule has 2 aliphatic rings. The van der Waals surface area contributed by atoms with Crippen molar-refractivity contribution in [1.29, 1.82) is 0 Å². The van der Waals surface area contributed by atoms with E-state index in [0.29, 0.717) is 5.25 Å². The fraction of sp³-hybridized carbons (Fsp3) is 0.500. The van der Waals surface area contributed by atoms with E-state index in [1.807, 2.05) is 42.1 Å². The van der Waals surface area contributed by atoms with Crippen molar-refractivity contribution in [2.75, 3.05) is 5.75 Å². The maximum atomic E-state index is 11.1. The van der Waals surface area contributed by atoms with Crippen molar-refractivity contribution in [1.82, 2.24) is 10.6 Å². The Hall–Kier alpha value is -2.02. The minimum atomic E-state index is -0.729. The van der Waals surface area contributed by atoms with Gasteiger partial charge in [0.15, 0.2) is 5.78 Å². The maximum Gasteiger partial charge on any atom is 0.315 e.